The number of hydrazine groups is 1. The number of allylic oxidation sites excluding steroid dienone is 3. The molecule has 2 aromatic carbocycles. The lowest BCUT2D eigenvalue weighted by molar-refractivity contribution is 0.103. The van der Waals surface area contributed by atoms with Crippen LogP contribution in [0.25, 0.3) is 0 Å². The van der Waals surface area contributed by atoms with Gasteiger partial charge in [-0.05, 0) is 48.0 Å². The first-order valence-corrected chi connectivity index (χ1v) is 8.44. The van der Waals surface area contributed by atoms with Crippen molar-refractivity contribution in [3.63, 3.8) is 0 Å². The molecule has 0 spiro atoms. The largest absolute Gasteiger partial charge is 0.308 e. The molecule has 0 fully saturated rings. The number of ketones is 1. The summed E-state index contributed by atoms with van der Waals surface area (Å²) in [6.45, 7) is 0. The van der Waals surface area contributed by atoms with Crippen LogP contribution in [0.1, 0.15) is 21.5 Å². The lowest BCUT2D eigenvalue weighted by atomic mass is 9.99. The van der Waals surface area contributed by atoms with Crippen molar-refractivity contribution in [1.29, 1.82) is 0 Å². The Hall–Kier alpha value is -2.01. The molecule has 1 heterocycles. The minimum atomic E-state index is -0.401. The van der Waals surface area contributed by atoms with Gasteiger partial charge in [-0.2, -0.15) is 0 Å². The Kier molecular flexibility index (Phi) is 5.33. The normalized spacial score (nSPS) is 13.0. The van der Waals surface area contributed by atoms with Gasteiger partial charge in [0.1, 0.15) is 5.82 Å². The number of hydrogen-bond acceptors (Lipinski definition) is 3. The summed E-state index contributed by atoms with van der Waals surface area (Å²) in [7, 11) is 0. The van der Waals surface area contributed by atoms with Crippen LogP contribution >= 0.6 is 34.8 Å². The smallest absolute Gasteiger partial charge is 0.196 e. The van der Waals surface area contributed by atoms with E-state index in [1.165, 1.54) is 30.3 Å². The number of nitrogens with one attached hydrogen (secondary N) is 2. The van der Waals surface area contributed by atoms with Gasteiger partial charge in [-0.15, -0.1) is 0 Å². The third-order valence-corrected chi connectivity index (χ3v) is 4.45. The van der Waals surface area contributed by atoms with Gasteiger partial charge in [0.15, 0.2) is 5.78 Å². The highest BCUT2D eigenvalue weighted by Gasteiger charge is 2.19. The number of carbonyl (C=O) groups excluding carboxylic acids is 1. The van der Waals surface area contributed by atoms with Crippen molar-refractivity contribution in [2.45, 2.75) is 6.42 Å². The van der Waals surface area contributed by atoms with Crippen LogP contribution in [0, 0.1) is 5.82 Å². The Bertz CT molecular complexity index is 886. The monoisotopic (exact) mass is 396 g/mol. The van der Waals surface area contributed by atoms with Crippen LogP contribution < -0.4 is 10.9 Å². The Morgan fingerprint density at radius 3 is 2.44 bits per heavy atom. The number of rotatable bonds is 4. The Morgan fingerprint density at radius 2 is 1.80 bits per heavy atom. The van der Waals surface area contributed by atoms with E-state index < -0.39 is 11.6 Å². The standard InChI is InChI=1S/C18H12Cl3FN2O/c19-12-8-14(20)17(15(21)9-12)18(25)10-3-4-16(22)11(6-10)7-13-2-1-5-23-24-13/h1-6,8-9,23-24H,7H2. The van der Waals surface area contributed by atoms with Crippen LogP contribution in [0.4, 0.5) is 4.39 Å². The van der Waals surface area contributed by atoms with Gasteiger partial charge < -0.3 is 10.9 Å². The van der Waals surface area contributed by atoms with E-state index in [2.05, 4.69) is 10.9 Å². The molecule has 128 valence electrons. The predicted molar refractivity (Wildman–Crippen MR) is 98.5 cm³/mol. The molecule has 0 unspecified atom stereocenters. The van der Waals surface area contributed by atoms with Crippen LogP contribution in [0.5, 0.6) is 0 Å². The second-order valence-electron chi connectivity index (χ2n) is 5.38. The Labute approximate surface area is 159 Å². The summed E-state index contributed by atoms with van der Waals surface area (Å²) < 4.78 is 14.1. The second-order valence-corrected chi connectivity index (χ2v) is 6.63. The maximum absolute atomic E-state index is 14.1. The molecular formula is C18H12Cl3FN2O. The first-order chi connectivity index (χ1) is 12.0. The molecule has 25 heavy (non-hydrogen) atoms. The minimum absolute atomic E-state index is 0.143. The molecule has 0 bridgehead atoms. The third-order valence-electron chi connectivity index (χ3n) is 3.63. The van der Waals surface area contributed by atoms with E-state index in [4.69, 9.17) is 34.8 Å². The predicted octanol–water partition coefficient (Wildman–Crippen LogP) is 5.06. The summed E-state index contributed by atoms with van der Waals surface area (Å²) in [5.74, 6) is -0.793. The van der Waals surface area contributed by atoms with Gasteiger partial charge in [0.05, 0.1) is 15.6 Å². The van der Waals surface area contributed by atoms with Crippen molar-refractivity contribution in [2.24, 2.45) is 0 Å². The summed E-state index contributed by atoms with van der Waals surface area (Å²) in [6, 6.07) is 7.05. The van der Waals surface area contributed by atoms with Crippen LogP contribution in [0.3, 0.4) is 0 Å². The van der Waals surface area contributed by atoms with Gasteiger partial charge in [-0.1, -0.05) is 34.8 Å². The van der Waals surface area contributed by atoms with E-state index in [-0.39, 0.29) is 15.6 Å². The average Bonchev–Trinajstić information content (AvgIpc) is 2.56. The topological polar surface area (TPSA) is 41.1 Å². The highest BCUT2D eigenvalue weighted by molar-refractivity contribution is 6.43. The summed E-state index contributed by atoms with van der Waals surface area (Å²) in [6.07, 6.45) is 5.63. The summed E-state index contributed by atoms with van der Waals surface area (Å²) in [4.78, 5) is 12.8. The van der Waals surface area contributed by atoms with Crippen LogP contribution in [-0.4, -0.2) is 5.78 Å². The van der Waals surface area contributed by atoms with E-state index in [0.29, 0.717) is 22.6 Å². The summed E-state index contributed by atoms with van der Waals surface area (Å²) in [5.41, 5.74) is 7.32. The van der Waals surface area contributed by atoms with E-state index in [1.54, 1.807) is 12.3 Å². The van der Waals surface area contributed by atoms with Crippen molar-refractivity contribution in [3.8, 4) is 0 Å². The molecule has 0 amide bonds. The molecule has 3 nitrogen and oxygen atoms in total. The van der Waals surface area contributed by atoms with Gasteiger partial charge in [-0.3, -0.25) is 4.79 Å². The SMILES string of the molecule is O=C(c1ccc(F)c(CC2=CC=CNN2)c1)c1c(Cl)cc(Cl)cc1Cl. The number of benzene rings is 2. The third kappa shape index (κ3) is 3.98. The van der Waals surface area contributed by atoms with Gasteiger partial charge in [0.2, 0.25) is 0 Å². The van der Waals surface area contributed by atoms with Crippen molar-refractivity contribution < 1.29 is 9.18 Å². The molecule has 2 N–H and O–H groups in total. The maximum atomic E-state index is 14.1. The van der Waals surface area contributed by atoms with Gasteiger partial charge in [0.25, 0.3) is 0 Å². The fourth-order valence-electron chi connectivity index (χ4n) is 2.45. The molecule has 1 aliphatic rings. The molecule has 0 saturated heterocycles. The highest BCUT2D eigenvalue weighted by Crippen LogP contribution is 2.31. The molecular weight excluding hydrogens is 386 g/mol. The van der Waals surface area contributed by atoms with E-state index >= 15 is 0 Å². The molecule has 7 heteroatoms. The fraction of sp³-hybridized carbons (Fsp3) is 0.0556. The zero-order valence-electron chi connectivity index (χ0n) is 12.7. The first-order valence-electron chi connectivity index (χ1n) is 7.30. The Morgan fingerprint density at radius 1 is 1.08 bits per heavy atom. The lowest BCUT2D eigenvalue weighted by Gasteiger charge is -2.14. The molecule has 0 saturated carbocycles. The molecule has 3 rings (SSSR count). The summed E-state index contributed by atoms with van der Waals surface area (Å²) in [5, 5.41) is 0.640. The van der Waals surface area contributed by atoms with Gasteiger partial charge in [0, 0.05) is 28.9 Å². The quantitative estimate of drug-likeness (QED) is 0.708. The van der Waals surface area contributed by atoms with Crippen molar-refractivity contribution >= 4 is 40.6 Å². The number of halogens is 4. The number of carbonyl (C=O) groups is 1. The van der Waals surface area contributed by atoms with Gasteiger partial charge in [-0.25, -0.2) is 4.39 Å². The summed E-state index contributed by atoms with van der Waals surface area (Å²) >= 11 is 18.1. The fourth-order valence-corrected chi connectivity index (χ4v) is 3.44. The molecule has 0 radical (unpaired) electrons. The van der Waals surface area contributed by atoms with E-state index in [9.17, 15) is 9.18 Å². The van der Waals surface area contributed by atoms with Crippen LogP contribution in [-0.2, 0) is 6.42 Å². The van der Waals surface area contributed by atoms with E-state index in [0.717, 1.165) is 5.70 Å². The minimum Gasteiger partial charge on any atom is -0.308 e. The highest BCUT2D eigenvalue weighted by atomic mass is 35.5. The molecule has 0 aliphatic carbocycles. The lowest BCUT2D eigenvalue weighted by Crippen LogP contribution is -2.29. The second kappa shape index (κ2) is 7.48. The first kappa shape index (κ1) is 17.8. The average molecular weight is 398 g/mol. The van der Waals surface area contributed by atoms with Crippen molar-refractivity contribution in [3.05, 3.63) is 92.0 Å². The van der Waals surface area contributed by atoms with Gasteiger partial charge >= 0.3 is 0 Å². The molecule has 0 atom stereocenters. The number of hydrogen-bond donors (Lipinski definition) is 2. The van der Waals surface area contributed by atoms with Crippen molar-refractivity contribution in [2.75, 3.05) is 0 Å². The zero-order valence-corrected chi connectivity index (χ0v) is 15.0. The molecule has 0 aromatic heterocycles. The Balaban J connectivity index is 1.95. The van der Waals surface area contributed by atoms with E-state index in [1.807, 2.05) is 6.08 Å². The molecule has 1 aliphatic heterocycles. The zero-order chi connectivity index (χ0) is 18.0. The molecule has 2 aromatic rings. The van der Waals surface area contributed by atoms with Crippen molar-refractivity contribution in [1.82, 2.24) is 10.9 Å². The van der Waals surface area contributed by atoms with Crippen LogP contribution in [0.2, 0.25) is 15.1 Å². The van der Waals surface area contributed by atoms with Crippen LogP contribution in [0.15, 0.2) is 54.4 Å². The maximum Gasteiger partial charge on any atom is 0.196 e.